The standard InChI is InChI=1S/C27H37NO3/c1-5-7-9-10-11-14-18-31-26-20(24(29)25(26)30)19-23-27(3,4)21-15-12-13-16-22(21)28(23)17-8-6-2/h12-13,15-16,19H,5-11,14,17-18H2,1-4H3/b23-19+. The van der Waals surface area contributed by atoms with Gasteiger partial charge in [-0.1, -0.05) is 84.4 Å². The Bertz CT molecular complexity index is 979. The molecule has 2 aromatic carbocycles. The van der Waals surface area contributed by atoms with E-state index in [1.807, 2.05) is 6.08 Å². The molecule has 4 nitrogen and oxygen atoms in total. The summed E-state index contributed by atoms with van der Waals surface area (Å²) in [7, 11) is 0. The number of allylic oxidation sites excluding steroid dienone is 1. The monoisotopic (exact) mass is 423 g/mol. The van der Waals surface area contributed by atoms with Crippen molar-refractivity contribution in [3.63, 3.8) is 0 Å². The van der Waals surface area contributed by atoms with Gasteiger partial charge >= 0.3 is 0 Å². The molecule has 0 unspecified atom stereocenters. The van der Waals surface area contributed by atoms with Gasteiger partial charge in [0, 0.05) is 23.3 Å². The number of hydrogen-bond donors (Lipinski definition) is 0. The van der Waals surface area contributed by atoms with Crippen LogP contribution in [0.15, 0.2) is 39.6 Å². The lowest BCUT2D eigenvalue weighted by atomic mass is 9.83. The van der Waals surface area contributed by atoms with E-state index < -0.39 is 10.9 Å². The Kier molecular flexibility index (Phi) is 7.74. The van der Waals surface area contributed by atoms with Crippen molar-refractivity contribution in [2.75, 3.05) is 18.1 Å². The summed E-state index contributed by atoms with van der Waals surface area (Å²) in [5, 5.41) is 0. The van der Waals surface area contributed by atoms with E-state index in [-0.39, 0.29) is 11.2 Å². The van der Waals surface area contributed by atoms with E-state index >= 15 is 0 Å². The third kappa shape index (κ3) is 4.78. The number of hydrogen-bond acceptors (Lipinski definition) is 4. The van der Waals surface area contributed by atoms with Gasteiger partial charge in [0.05, 0.1) is 12.2 Å². The van der Waals surface area contributed by atoms with Gasteiger partial charge < -0.3 is 9.64 Å². The van der Waals surface area contributed by atoms with Gasteiger partial charge in [0.25, 0.3) is 5.43 Å². The third-order valence-electron chi connectivity index (χ3n) is 6.46. The van der Waals surface area contributed by atoms with E-state index in [1.165, 1.54) is 36.9 Å². The molecule has 1 aliphatic rings. The Hall–Kier alpha value is -2.36. The van der Waals surface area contributed by atoms with E-state index in [4.69, 9.17) is 4.74 Å². The van der Waals surface area contributed by atoms with Gasteiger partial charge in [-0.05, 0) is 30.5 Å². The molecule has 0 bridgehead atoms. The van der Waals surface area contributed by atoms with E-state index in [0.29, 0.717) is 12.2 Å². The molecule has 0 spiro atoms. The minimum atomic E-state index is -0.480. The summed E-state index contributed by atoms with van der Waals surface area (Å²) >= 11 is 0. The van der Waals surface area contributed by atoms with Crippen LogP contribution < -0.4 is 20.5 Å². The van der Waals surface area contributed by atoms with E-state index in [0.717, 1.165) is 37.9 Å². The fraction of sp³-hybridized carbons (Fsp3) is 0.556. The molecular formula is C27H37NO3. The number of anilines is 1. The average molecular weight is 424 g/mol. The number of unbranched alkanes of at least 4 members (excludes halogenated alkanes) is 6. The maximum atomic E-state index is 12.4. The van der Waals surface area contributed by atoms with Crippen molar-refractivity contribution in [3.05, 3.63) is 61.5 Å². The number of ether oxygens (including phenoxy) is 1. The van der Waals surface area contributed by atoms with Crippen molar-refractivity contribution in [1.29, 1.82) is 0 Å². The molecule has 0 aromatic heterocycles. The fourth-order valence-electron chi connectivity index (χ4n) is 4.51. The predicted molar refractivity (Wildman–Crippen MR) is 130 cm³/mol. The topological polar surface area (TPSA) is 46.6 Å². The summed E-state index contributed by atoms with van der Waals surface area (Å²) < 4.78 is 5.80. The summed E-state index contributed by atoms with van der Waals surface area (Å²) in [6.45, 7) is 10.2. The lowest BCUT2D eigenvalue weighted by molar-refractivity contribution is 0.297. The molecule has 0 saturated heterocycles. The molecule has 2 aromatic rings. The molecule has 0 atom stereocenters. The first-order valence-electron chi connectivity index (χ1n) is 12.0. The van der Waals surface area contributed by atoms with Crippen LogP contribution in [-0.4, -0.2) is 13.2 Å². The maximum absolute atomic E-state index is 12.4. The fourth-order valence-corrected chi connectivity index (χ4v) is 4.51. The van der Waals surface area contributed by atoms with Crippen molar-refractivity contribution >= 4 is 11.8 Å². The summed E-state index contributed by atoms with van der Waals surface area (Å²) in [5.74, 6) is 0.258. The zero-order chi connectivity index (χ0) is 22.4. The molecule has 0 N–H and O–H groups in total. The molecular weight excluding hydrogens is 386 g/mol. The Morgan fingerprint density at radius 1 is 0.903 bits per heavy atom. The Balaban J connectivity index is 1.80. The maximum Gasteiger partial charge on any atom is 0.268 e. The lowest BCUT2D eigenvalue weighted by Crippen LogP contribution is -2.36. The minimum absolute atomic E-state index is 0.235. The van der Waals surface area contributed by atoms with E-state index in [2.05, 4.69) is 56.9 Å². The smallest absolute Gasteiger partial charge is 0.268 e. The average Bonchev–Trinajstić information content (AvgIpc) is 2.99. The van der Waals surface area contributed by atoms with Gasteiger partial charge in [-0.25, -0.2) is 0 Å². The van der Waals surface area contributed by atoms with Gasteiger partial charge in [-0.3, -0.25) is 9.59 Å². The number of rotatable bonds is 12. The highest BCUT2D eigenvalue weighted by Crippen LogP contribution is 2.48. The van der Waals surface area contributed by atoms with Crippen LogP contribution in [0.4, 0.5) is 5.69 Å². The van der Waals surface area contributed by atoms with Crippen LogP contribution in [0.25, 0.3) is 6.08 Å². The summed E-state index contributed by atoms with van der Waals surface area (Å²) in [6.07, 6.45) is 11.0. The van der Waals surface area contributed by atoms with Crippen LogP contribution >= 0.6 is 0 Å². The Morgan fingerprint density at radius 3 is 2.32 bits per heavy atom. The van der Waals surface area contributed by atoms with Crippen LogP contribution in [0.2, 0.25) is 0 Å². The SMILES string of the molecule is CCCCCCCCOc1c(/C=C2/N(CCCC)c3ccccc3C2(C)C)c(=O)c1=O. The molecule has 168 valence electrons. The molecule has 1 aliphatic heterocycles. The molecule has 3 rings (SSSR count). The molecule has 31 heavy (non-hydrogen) atoms. The second-order valence-electron chi connectivity index (χ2n) is 9.19. The highest BCUT2D eigenvalue weighted by atomic mass is 16.5. The zero-order valence-corrected chi connectivity index (χ0v) is 19.6. The minimum Gasteiger partial charge on any atom is -0.489 e. The Morgan fingerprint density at radius 2 is 1.58 bits per heavy atom. The molecule has 0 radical (unpaired) electrons. The first kappa shape index (κ1) is 23.3. The predicted octanol–water partition coefficient (Wildman–Crippen LogP) is 5.96. The van der Waals surface area contributed by atoms with Crippen molar-refractivity contribution in [2.24, 2.45) is 0 Å². The van der Waals surface area contributed by atoms with Crippen molar-refractivity contribution < 1.29 is 4.74 Å². The number of fused-ring (bicyclic) bond motifs is 1. The molecule has 0 fully saturated rings. The Labute approximate surface area is 186 Å². The van der Waals surface area contributed by atoms with Gasteiger partial charge in [-0.2, -0.15) is 0 Å². The second-order valence-corrected chi connectivity index (χ2v) is 9.19. The molecule has 0 amide bonds. The van der Waals surface area contributed by atoms with Crippen molar-refractivity contribution in [1.82, 2.24) is 0 Å². The normalized spacial score (nSPS) is 16.3. The highest BCUT2D eigenvalue weighted by Gasteiger charge is 2.40. The lowest BCUT2D eigenvalue weighted by Gasteiger charge is -2.27. The van der Waals surface area contributed by atoms with Crippen LogP contribution in [-0.2, 0) is 5.41 Å². The van der Waals surface area contributed by atoms with Crippen molar-refractivity contribution in [3.8, 4) is 5.75 Å². The van der Waals surface area contributed by atoms with Gasteiger partial charge in [0.15, 0.2) is 5.75 Å². The molecule has 4 heteroatoms. The summed E-state index contributed by atoms with van der Waals surface area (Å²) in [4.78, 5) is 26.9. The van der Waals surface area contributed by atoms with Crippen LogP contribution in [0.5, 0.6) is 5.75 Å². The van der Waals surface area contributed by atoms with E-state index in [9.17, 15) is 9.59 Å². The number of benzene rings is 1. The van der Waals surface area contributed by atoms with Crippen molar-refractivity contribution in [2.45, 2.75) is 84.5 Å². The van der Waals surface area contributed by atoms with Crippen LogP contribution in [0.1, 0.15) is 90.2 Å². The largest absolute Gasteiger partial charge is 0.489 e. The van der Waals surface area contributed by atoms with Gasteiger partial charge in [0.2, 0.25) is 5.43 Å². The third-order valence-corrected chi connectivity index (χ3v) is 6.46. The van der Waals surface area contributed by atoms with Crippen LogP contribution in [0.3, 0.4) is 0 Å². The summed E-state index contributed by atoms with van der Waals surface area (Å²) in [6, 6.07) is 8.43. The second kappa shape index (κ2) is 10.3. The molecule has 0 saturated carbocycles. The zero-order valence-electron chi connectivity index (χ0n) is 19.6. The summed E-state index contributed by atoms with van der Waals surface area (Å²) in [5.41, 5.74) is 2.82. The van der Waals surface area contributed by atoms with E-state index in [1.54, 1.807) is 0 Å². The first-order valence-corrected chi connectivity index (χ1v) is 12.0. The number of para-hydroxylation sites is 1. The van der Waals surface area contributed by atoms with Gasteiger partial charge in [-0.15, -0.1) is 0 Å². The number of nitrogens with zero attached hydrogens (tertiary/aromatic N) is 1. The molecule has 1 heterocycles. The first-order chi connectivity index (χ1) is 14.9. The highest BCUT2D eigenvalue weighted by molar-refractivity contribution is 5.77. The quantitative estimate of drug-likeness (QED) is 0.312. The van der Waals surface area contributed by atoms with Crippen LogP contribution in [0, 0.1) is 0 Å². The molecule has 0 aliphatic carbocycles. The van der Waals surface area contributed by atoms with Gasteiger partial charge in [0.1, 0.15) is 0 Å².